The molecule has 3 N–H and O–H groups in total. The smallest absolute Gasteiger partial charge is 0.191 e. The third kappa shape index (κ3) is 6.34. The van der Waals surface area contributed by atoms with E-state index in [2.05, 4.69) is 15.6 Å². The molecular formula is C17H26F2IN3O2. The van der Waals surface area contributed by atoms with Crippen molar-refractivity contribution in [3.05, 3.63) is 35.4 Å². The Morgan fingerprint density at radius 2 is 2.04 bits per heavy atom. The Labute approximate surface area is 164 Å². The zero-order valence-corrected chi connectivity index (χ0v) is 16.7. The predicted octanol–water partition coefficient (Wildman–Crippen LogP) is 2.08. The van der Waals surface area contributed by atoms with Gasteiger partial charge in [0.15, 0.2) is 5.96 Å². The Morgan fingerprint density at radius 1 is 1.32 bits per heavy atom. The lowest BCUT2D eigenvalue weighted by Crippen LogP contribution is -2.45. The number of hydrogen-bond acceptors (Lipinski definition) is 3. The Balaban J connectivity index is 0.00000312. The van der Waals surface area contributed by atoms with Gasteiger partial charge in [-0.3, -0.25) is 4.99 Å². The molecule has 0 radical (unpaired) electrons. The topological polar surface area (TPSA) is 65.9 Å². The van der Waals surface area contributed by atoms with Crippen molar-refractivity contribution in [2.45, 2.75) is 19.3 Å². The summed E-state index contributed by atoms with van der Waals surface area (Å²) < 4.78 is 32.6. The summed E-state index contributed by atoms with van der Waals surface area (Å²) in [7, 11) is 1.64. The molecule has 1 heterocycles. The minimum Gasteiger partial charge on any atom is -0.396 e. The second kappa shape index (κ2) is 10.9. The van der Waals surface area contributed by atoms with Gasteiger partial charge in [-0.2, -0.15) is 0 Å². The number of aliphatic hydroxyl groups is 1. The minimum atomic E-state index is -0.537. The summed E-state index contributed by atoms with van der Waals surface area (Å²) in [5.74, 6) is -0.509. The van der Waals surface area contributed by atoms with E-state index in [1.807, 2.05) is 0 Å². The largest absolute Gasteiger partial charge is 0.396 e. The highest BCUT2D eigenvalue weighted by Gasteiger charge is 2.34. The number of nitrogens with one attached hydrogen (secondary N) is 2. The van der Waals surface area contributed by atoms with Crippen molar-refractivity contribution in [1.29, 1.82) is 0 Å². The summed E-state index contributed by atoms with van der Waals surface area (Å²) in [6, 6.07) is 3.86. The van der Waals surface area contributed by atoms with Gasteiger partial charge in [-0.25, -0.2) is 8.78 Å². The van der Waals surface area contributed by atoms with Crippen molar-refractivity contribution >= 4 is 29.9 Å². The van der Waals surface area contributed by atoms with Crippen molar-refractivity contribution in [3.8, 4) is 0 Å². The third-order valence-electron chi connectivity index (χ3n) is 4.41. The summed E-state index contributed by atoms with van der Waals surface area (Å²) in [5.41, 5.74) is -0.0225. The van der Waals surface area contributed by atoms with Crippen molar-refractivity contribution in [2.24, 2.45) is 10.4 Å². The van der Waals surface area contributed by atoms with Gasteiger partial charge in [0, 0.05) is 44.3 Å². The fraction of sp³-hybridized carbons (Fsp3) is 0.588. The van der Waals surface area contributed by atoms with E-state index in [4.69, 9.17) is 4.74 Å². The molecule has 8 heteroatoms. The summed E-state index contributed by atoms with van der Waals surface area (Å²) in [6.07, 6.45) is 1.78. The van der Waals surface area contributed by atoms with Crippen LogP contribution in [0.4, 0.5) is 8.78 Å². The van der Waals surface area contributed by atoms with Gasteiger partial charge in [-0.15, -0.1) is 24.0 Å². The fourth-order valence-corrected chi connectivity index (χ4v) is 2.88. The van der Waals surface area contributed by atoms with Crippen LogP contribution in [0.1, 0.15) is 18.4 Å². The van der Waals surface area contributed by atoms with Gasteiger partial charge in [-0.05, 0) is 31.4 Å². The van der Waals surface area contributed by atoms with Crippen LogP contribution in [0.15, 0.2) is 23.2 Å². The maximum Gasteiger partial charge on any atom is 0.191 e. The Kier molecular flexibility index (Phi) is 9.58. The Hall–Kier alpha value is -1.00. The first-order valence-electron chi connectivity index (χ1n) is 8.16. The molecule has 0 bridgehead atoms. The molecular weight excluding hydrogens is 443 g/mol. The summed E-state index contributed by atoms with van der Waals surface area (Å²) in [5, 5.41) is 15.5. The molecule has 1 atom stereocenters. The van der Waals surface area contributed by atoms with E-state index < -0.39 is 11.6 Å². The first-order chi connectivity index (χ1) is 11.6. The molecule has 1 fully saturated rings. The molecule has 2 rings (SSSR count). The van der Waals surface area contributed by atoms with E-state index in [9.17, 15) is 13.9 Å². The van der Waals surface area contributed by atoms with Crippen molar-refractivity contribution < 1.29 is 18.6 Å². The van der Waals surface area contributed by atoms with Gasteiger partial charge in [0.1, 0.15) is 11.6 Å². The van der Waals surface area contributed by atoms with Gasteiger partial charge in [0.05, 0.1) is 6.61 Å². The quantitative estimate of drug-likeness (QED) is 0.325. The maximum absolute atomic E-state index is 13.6. The normalized spacial score (nSPS) is 20.2. The van der Waals surface area contributed by atoms with Crippen molar-refractivity contribution in [1.82, 2.24) is 10.6 Å². The summed E-state index contributed by atoms with van der Waals surface area (Å²) in [6.45, 7) is 2.41. The van der Waals surface area contributed by atoms with Gasteiger partial charge < -0.3 is 20.5 Å². The molecule has 25 heavy (non-hydrogen) atoms. The van der Waals surface area contributed by atoms with Crippen LogP contribution in [0.5, 0.6) is 0 Å². The molecule has 1 aliphatic rings. The van der Waals surface area contributed by atoms with Crippen LogP contribution in [0.25, 0.3) is 0 Å². The van der Waals surface area contributed by atoms with Gasteiger partial charge in [0.2, 0.25) is 0 Å². The van der Waals surface area contributed by atoms with E-state index >= 15 is 0 Å². The van der Waals surface area contributed by atoms with Crippen LogP contribution < -0.4 is 10.6 Å². The molecule has 142 valence electrons. The number of aliphatic hydroxyl groups excluding tert-OH is 1. The highest BCUT2D eigenvalue weighted by molar-refractivity contribution is 14.0. The molecule has 0 aliphatic carbocycles. The first-order valence-corrected chi connectivity index (χ1v) is 8.16. The lowest BCUT2D eigenvalue weighted by atomic mass is 9.84. The Morgan fingerprint density at radius 3 is 2.60 bits per heavy atom. The molecule has 1 unspecified atom stereocenters. The zero-order chi connectivity index (χ0) is 17.4. The highest BCUT2D eigenvalue weighted by Crippen LogP contribution is 2.31. The number of benzene rings is 1. The van der Waals surface area contributed by atoms with Gasteiger partial charge in [0.25, 0.3) is 0 Å². The van der Waals surface area contributed by atoms with Crippen LogP contribution in [0, 0.1) is 17.0 Å². The molecule has 1 aromatic carbocycles. The lowest BCUT2D eigenvalue weighted by molar-refractivity contribution is 0.127. The standard InChI is InChI=1S/C17H25F2N3O2.HI/c1-20-16(22-11-17(6-9-23)7-10-24-12-17)21-8-5-13-14(18)3-2-4-15(13)19;/h2-4,23H,5-12H2,1H3,(H2,20,21,22);1H. The van der Waals surface area contributed by atoms with Crippen LogP contribution in [-0.4, -0.2) is 51.0 Å². The molecule has 1 saturated heterocycles. The number of hydrogen-bond donors (Lipinski definition) is 3. The van der Waals surface area contributed by atoms with E-state index in [0.717, 1.165) is 6.42 Å². The first kappa shape index (κ1) is 22.0. The van der Waals surface area contributed by atoms with E-state index in [1.165, 1.54) is 18.2 Å². The molecule has 0 saturated carbocycles. The van der Waals surface area contributed by atoms with Crippen LogP contribution in [0.3, 0.4) is 0 Å². The number of guanidine groups is 1. The number of halogens is 3. The SMILES string of the molecule is CN=C(NCCc1c(F)cccc1F)NCC1(CCO)CCOC1.I. The maximum atomic E-state index is 13.6. The average molecular weight is 469 g/mol. The van der Waals surface area contributed by atoms with Crippen LogP contribution >= 0.6 is 24.0 Å². The molecule has 0 aromatic heterocycles. The van der Waals surface area contributed by atoms with E-state index in [1.54, 1.807) is 7.05 Å². The minimum absolute atomic E-state index is 0. The summed E-state index contributed by atoms with van der Waals surface area (Å²) in [4.78, 5) is 4.12. The van der Waals surface area contributed by atoms with Gasteiger partial charge >= 0.3 is 0 Å². The summed E-state index contributed by atoms with van der Waals surface area (Å²) >= 11 is 0. The second-order valence-electron chi connectivity index (χ2n) is 6.08. The monoisotopic (exact) mass is 469 g/mol. The molecule has 1 aromatic rings. The third-order valence-corrected chi connectivity index (χ3v) is 4.41. The fourth-order valence-electron chi connectivity index (χ4n) is 2.88. The average Bonchev–Trinajstić information content (AvgIpc) is 3.02. The number of rotatable bonds is 7. The van der Waals surface area contributed by atoms with E-state index in [0.29, 0.717) is 38.7 Å². The van der Waals surface area contributed by atoms with E-state index in [-0.39, 0.29) is 48.0 Å². The van der Waals surface area contributed by atoms with Crippen LogP contribution in [0.2, 0.25) is 0 Å². The number of ether oxygens (including phenoxy) is 1. The lowest BCUT2D eigenvalue weighted by Gasteiger charge is -2.27. The van der Waals surface area contributed by atoms with Crippen LogP contribution in [-0.2, 0) is 11.2 Å². The Bertz CT molecular complexity index is 547. The predicted molar refractivity (Wildman–Crippen MR) is 104 cm³/mol. The zero-order valence-electron chi connectivity index (χ0n) is 14.4. The van der Waals surface area contributed by atoms with Gasteiger partial charge in [-0.1, -0.05) is 6.07 Å². The molecule has 0 spiro atoms. The highest BCUT2D eigenvalue weighted by atomic mass is 127. The van der Waals surface area contributed by atoms with Crippen molar-refractivity contribution in [3.63, 3.8) is 0 Å². The molecule has 0 amide bonds. The van der Waals surface area contributed by atoms with Crippen molar-refractivity contribution in [2.75, 3.05) is 40.0 Å². The molecule has 5 nitrogen and oxygen atoms in total. The number of nitrogens with zero attached hydrogens (tertiary/aromatic N) is 1. The molecule has 1 aliphatic heterocycles. The number of aliphatic imine (C=N–C) groups is 1. The second-order valence-corrected chi connectivity index (χ2v) is 6.08.